The van der Waals surface area contributed by atoms with Gasteiger partial charge in [-0.05, 0) is 58.5 Å². The zero-order chi connectivity index (χ0) is 13.3. The summed E-state index contributed by atoms with van der Waals surface area (Å²) < 4.78 is 14.8. The largest absolute Gasteiger partial charge is 0.320 e. The Hall–Kier alpha value is -0.360. The van der Waals surface area contributed by atoms with Crippen LogP contribution in [0.3, 0.4) is 0 Å². The van der Waals surface area contributed by atoms with Crippen molar-refractivity contribution in [2.75, 3.05) is 0 Å². The molecule has 18 heavy (non-hydrogen) atoms. The zero-order valence-electron chi connectivity index (χ0n) is 9.13. The van der Waals surface area contributed by atoms with Gasteiger partial charge < -0.3 is 5.73 Å². The van der Waals surface area contributed by atoms with Crippen LogP contribution in [0.2, 0.25) is 10.0 Å². The van der Waals surface area contributed by atoms with Crippen LogP contribution in [-0.2, 0) is 0 Å². The molecule has 0 aromatic heterocycles. The average molecular weight is 396 g/mol. The maximum atomic E-state index is 13.8. The molecule has 0 aliphatic carbocycles. The van der Waals surface area contributed by atoms with Crippen molar-refractivity contribution in [1.29, 1.82) is 0 Å². The second kappa shape index (κ2) is 5.74. The first kappa shape index (κ1) is 14.1. The van der Waals surface area contributed by atoms with E-state index in [1.54, 1.807) is 24.3 Å². The van der Waals surface area contributed by atoms with Gasteiger partial charge in [0.1, 0.15) is 5.82 Å². The van der Waals surface area contributed by atoms with Gasteiger partial charge in [0, 0.05) is 19.2 Å². The molecule has 0 aliphatic heterocycles. The first-order valence-electron chi connectivity index (χ1n) is 5.14. The van der Waals surface area contributed by atoms with E-state index in [1.807, 2.05) is 6.07 Å². The van der Waals surface area contributed by atoms with Crippen molar-refractivity contribution < 1.29 is 4.39 Å². The Labute approximate surface area is 128 Å². The number of benzene rings is 2. The van der Waals surface area contributed by atoms with Crippen LogP contribution in [-0.4, -0.2) is 0 Å². The van der Waals surface area contributed by atoms with E-state index in [0.29, 0.717) is 15.6 Å². The van der Waals surface area contributed by atoms with E-state index in [0.717, 1.165) is 9.13 Å². The topological polar surface area (TPSA) is 26.0 Å². The number of rotatable bonds is 2. The van der Waals surface area contributed by atoms with E-state index < -0.39 is 11.9 Å². The Balaban J connectivity index is 2.47. The van der Waals surface area contributed by atoms with Gasteiger partial charge >= 0.3 is 0 Å². The quantitative estimate of drug-likeness (QED) is 0.727. The molecule has 0 spiro atoms. The van der Waals surface area contributed by atoms with Crippen LogP contribution < -0.4 is 5.73 Å². The molecule has 94 valence electrons. The van der Waals surface area contributed by atoms with Gasteiger partial charge in [-0.2, -0.15) is 0 Å². The average Bonchev–Trinajstić information content (AvgIpc) is 2.31. The van der Waals surface area contributed by atoms with E-state index in [1.165, 1.54) is 6.07 Å². The molecular weight excluding hydrogens is 387 g/mol. The van der Waals surface area contributed by atoms with Gasteiger partial charge in [0.2, 0.25) is 0 Å². The number of nitrogens with two attached hydrogens (primary N) is 1. The van der Waals surface area contributed by atoms with Crippen molar-refractivity contribution in [1.82, 2.24) is 0 Å². The third-order valence-electron chi connectivity index (χ3n) is 2.59. The summed E-state index contributed by atoms with van der Waals surface area (Å²) in [7, 11) is 0. The minimum atomic E-state index is -0.562. The maximum Gasteiger partial charge on any atom is 0.129 e. The van der Waals surface area contributed by atoms with E-state index in [9.17, 15) is 4.39 Å². The van der Waals surface area contributed by atoms with Gasteiger partial charge in [0.05, 0.1) is 6.04 Å². The van der Waals surface area contributed by atoms with Gasteiger partial charge in [-0.25, -0.2) is 4.39 Å². The van der Waals surface area contributed by atoms with Gasteiger partial charge in [-0.15, -0.1) is 0 Å². The second-order valence-electron chi connectivity index (χ2n) is 3.81. The van der Waals surface area contributed by atoms with Crippen LogP contribution in [0.4, 0.5) is 4.39 Å². The SMILES string of the molecule is NC(c1ccc(Cl)cc1F)c1cc(Cl)ccc1I. The van der Waals surface area contributed by atoms with Crippen molar-refractivity contribution in [3.63, 3.8) is 0 Å². The van der Waals surface area contributed by atoms with Gasteiger partial charge in [-0.1, -0.05) is 29.3 Å². The lowest BCUT2D eigenvalue weighted by Gasteiger charge is -2.15. The lowest BCUT2D eigenvalue weighted by atomic mass is 9.99. The lowest BCUT2D eigenvalue weighted by molar-refractivity contribution is 0.599. The van der Waals surface area contributed by atoms with E-state index in [2.05, 4.69) is 22.6 Å². The van der Waals surface area contributed by atoms with Crippen molar-refractivity contribution in [3.05, 3.63) is 67.0 Å². The molecule has 2 rings (SSSR count). The molecule has 2 aromatic carbocycles. The zero-order valence-corrected chi connectivity index (χ0v) is 12.8. The van der Waals surface area contributed by atoms with Crippen molar-refractivity contribution in [3.8, 4) is 0 Å². The van der Waals surface area contributed by atoms with Crippen molar-refractivity contribution >= 4 is 45.8 Å². The molecule has 0 radical (unpaired) electrons. The fraction of sp³-hybridized carbons (Fsp3) is 0.0769. The summed E-state index contributed by atoms with van der Waals surface area (Å²) in [5.74, 6) is -0.411. The Bertz CT molecular complexity index is 589. The standard InChI is InChI=1S/C13H9Cl2FIN/c14-7-2-4-12(17)10(5-7)13(18)9-3-1-8(15)6-11(9)16/h1-6,13H,18H2. The van der Waals surface area contributed by atoms with Crippen LogP contribution in [0.15, 0.2) is 36.4 Å². The van der Waals surface area contributed by atoms with Gasteiger partial charge in [0.15, 0.2) is 0 Å². The van der Waals surface area contributed by atoms with Crippen molar-refractivity contribution in [2.24, 2.45) is 5.73 Å². The number of halogens is 4. The molecule has 0 bridgehead atoms. The fourth-order valence-corrected chi connectivity index (χ4v) is 2.68. The Morgan fingerprint density at radius 3 is 2.28 bits per heavy atom. The summed E-state index contributed by atoms with van der Waals surface area (Å²) in [4.78, 5) is 0. The summed E-state index contributed by atoms with van der Waals surface area (Å²) in [5.41, 5.74) is 7.29. The molecule has 0 fully saturated rings. The Kier molecular flexibility index (Phi) is 4.48. The molecule has 0 aliphatic rings. The smallest absolute Gasteiger partial charge is 0.129 e. The Morgan fingerprint density at radius 2 is 1.61 bits per heavy atom. The normalized spacial score (nSPS) is 12.5. The molecule has 1 nitrogen and oxygen atoms in total. The minimum Gasteiger partial charge on any atom is -0.320 e. The minimum absolute atomic E-state index is 0.351. The highest BCUT2D eigenvalue weighted by molar-refractivity contribution is 14.1. The molecule has 1 atom stereocenters. The summed E-state index contributed by atoms with van der Waals surface area (Å²) in [6.07, 6.45) is 0. The summed E-state index contributed by atoms with van der Waals surface area (Å²) in [5, 5.41) is 0.930. The molecule has 0 amide bonds. The van der Waals surface area contributed by atoms with E-state index in [4.69, 9.17) is 28.9 Å². The highest BCUT2D eigenvalue weighted by Gasteiger charge is 2.16. The summed E-state index contributed by atoms with van der Waals surface area (Å²) in [6, 6.07) is 9.30. The highest BCUT2D eigenvalue weighted by atomic mass is 127. The molecule has 2 aromatic rings. The summed E-state index contributed by atoms with van der Waals surface area (Å²) >= 11 is 13.8. The molecule has 0 saturated heterocycles. The molecular formula is C13H9Cl2FIN. The second-order valence-corrected chi connectivity index (χ2v) is 5.84. The first-order chi connectivity index (χ1) is 8.49. The third-order valence-corrected chi connectivity index (χ3v) is 4.04. The molecule has 0 saturated carbocycles. The van der Waals surface area contributed by atoms with Crippen LogP contribution in [0, 0.1) is 9.39 Å². The first-order valence-corrected chi connectivity index (χ1v) is 6.98. The van der Waals surface area contributed by atoms with Gasteiger partial charge in [0.25, 0.3) is 0 Å². The van der Waals surface area contributed by atoms with Crippen LogP contribution in [0.5, 0.6) is 0 Å². The van der Waals surface area contributed by atoms with Gasteiger partial charge in [-0.3, -0.25) is 0 Å². The number of hydrogen-bond donors (Lipinski definition) is 1. The van der Waals surface area contributed by atoms with Crippen LogP contribution in [0.1, 0.15) is 17.2 Å². The van der Waals surface area contributed by atoms with Crippen LogP contribution in [0.25, 0.3) is 0 Å². The third kappa shape index (κ3) is 2.96. The molecule has 0 heterocycles. The maximum absolute atomic E-state index is 13.8. The lowest BCUT2D eigenvalue weighted by Crippen LogP contribution is -2.15. The van der Waals surface area contributed by atoms with E-state index >= 15 is 0 Å². The molecule has 1 unspecified atom stereocenters. The molecule has 2 N–H and O–H groups in total. The van der Waals surface area contributed by atoms with E-state index in [-0.39, 0.29) is 0 Å². The fourth-order valence-electron chi connectivity index (χ4n) is 1.67. The predicted molar refractivity (Wildman–Crippen MR) is 81.6 cm³/mol. The van der Waals surface area contributed by atoms with Crippen molar-refractivity contribution in [2.45, 2.75) is 6.04 Å². The number of hydrogen-bond acceptors (Lipinski definition) is 1. The molecule has 5 heteroatoms. The summed E-state index contributed by atoms with van der Waals surface area (Å²) in [6.45, 7) is 0. The predicted octanol–water partition coefficient (Wildman–Crippen LogP) is 4.79. The monoisotopic (exact) mass is 395 g/mol. The van der Waals surface area contributed by atoms with Crippen LogP contribution >= 0.6 is 45.8 Å². The highest BCUT2D eigenvalue weighted by Crippen LogP contribution is 2.29. The Morgan fingerprint density at radius 1 is 1.00 bits per heavy atom.